The molecule has 3 unspecified atom stereocenters. The Bertz CT molecular complexity index is 626. The van der Waals surface area contributed by atoms with Crippen LogP contribution in [0.4, 0.5) is 0 Å². The summed E-state index contributed by atoms with van der Waals surface area (Å²) in [5, 5.41) is 16.4. The molecule has 0 spiro atoms. The second-order valence-electron chi connectivity index (χ2n) is 7.18. The predicted octanol–water partition coefficient (Wildman–Crippen LogP) is -2.20. The molecule has 0 aromatic carbocycles. The summed E-state index contributed by atoms with van der Waals surface area (Å²) in [7, 11) is 0. The molecular weight excluding hydrogens is 428 g/mol. The fourth-order valence-electron chi connectivity index (χ4n) is 2.69. The molecule has 1 radical (unpaired) electrons. The van der Waals surface area contributed by atoms with Crippen LogP contribution in [0.15, 0.2) is 12.5 Å². The van der Waals surface area contributed by atoms with Crippen molar-refractivity contribution in [1.82, 2.24) is 20.6 Å². The van der Waals surface area contributed by atoms with Crippen molar-refractivity contribution in [3.8, 4) is 0 Å². The van der Waals surface area contributed by atoms with Gasteiger partial charge in [0.15, 0.2) is 0 Å². The van der Waals surface area contributed by atoms with Crippen LogP contribution in [-0.2, 0) is 37.9 Å². The molecule has 1 aromatic rings. The molecular formula is C18H30CuN6O4. The minimum atomic E-state index is -1.39. The molecule has 0 aliphatic rings. The van der Waals surface area contributed by atoms with Crippen LogP contribution in [0.1, 0.15) is 45.2 Å². The van der Waals surface area contributed by atoms with E-state index < -0.39 is 35.9 Å². The van der Waals surface area contributed by atoms with Gasteiger partial charge in [0.25, 0.3) is 0 Å². The number of nitrogens with two attached hydrogens (primary N) is 2. The Morgan fingerprint density at radius 3 is 2.34 bits per heavy atom. The Hall–Kier alpha value is -1.94. The number of hydrogen-bond acceptors (Lipinski definition) is 7. The van der Waals surface area contributed by atoms with Gasteiger partial charge in [-0.1, -0.05) is 32.1 Å². The van der Waals surface area contributed by atoms with E-state index in [9.17, 15) is 19.5 Å². The van der Waals surface area contributed by atoms with Gasteiger partial charge in [0.1, 0.15) is 6.04 Å². The summed E-state index contributed by atoms with van der Waals surface area (Å²) >= 11 is 0. The zero-order valence-corrected chi connectivity index (χ0v) is 17.6. The van der Waals surface area contributed by atoms with Crippen LogP contribution in [0, 0.1) is 5.92 Å². The van der Waals surface area contributed by atoms with Crippen molar-refractivity contribution >= 4 is 17.8 Å². The number of hydrogen-bond donors (Lipinski definition) is 4. The fourth-order valence-corrected chi connectivity index (χ4v) is 2.69. The number of carboxylic acid groups (broad SMARTS) is 1. The maximum atomic E-state index is 12.7. The topological polar surface area (TPSA) is 177 Å². The van der Waals surface area contributed by atoms with Gasteiger partial charge in [0.2, 0.25) is 11.8 Å². The van der Waals surface area contributed by atoms with E-state index in [-0.39, 0.29) is 35.8 Å². The van der Waals surface area contributed by atoms with E-state index in [1.165, 1.54) is 12.5 Å². The number of carbonyl (C=O) groups excluding carboxylic acids is 3. The van der Waals surface area contributed by atoms with E-state index in [1.807, 2.05) is 13.8 Å². The number of nitrogens with one attached hydrogen (secondary N) is 2. The van der Waals surface area contributed by atoms with Crippen molar-refractivity contribution in [3.63, 3.8) is 0 Å². The van der Waals surface area contributed by atoms with E-state index in [1.54, 1.807) is 0 Å². The minimum Gasteiger partial charge on any atom is -0.548 e. The first-order chi connectivity index (χ1) is 13.2. The van der Waals surface area contributed by atoms with E-state index in [0.717, 1.165) is 0 Å². The van der Waals surface area contributed by atoms with Crippen molar-refractivity contribution in [2.45, 2.75) is 64.1 Å². The third-order valence-electron chi connectivity index (χ3n) is 4.17. The minimum absolute atomic E-state index is 0. The molecule has 1 rings (SSSR count). The van der Waals surface area contributed by atoms with Gasteiger partial charge in [-0.05, 0) is 44.6 Å². The van der Waals surface area contributed by atoms with E-state index >= 15 is 0 Å². The van der Waals surface area contributed by atoms with Crippen molar-refractivity contribution < 1.29 is 36.6 Å². The van der Waals surface area contributed by atoms with Crippen LogP contribution in [0.2, 0.25) is 0 Å². The van der Waals surface area contributed by atoms with Gasteiger partial charge in [-0.15, -0.1) is 0 Å². The molecule has 0 aliphatic carbocycles. The number of rotatable bonds is 13. The Balaban J connectivity index is 0.00000784. The molecule has 1 aromatic heterocycles. The summed E-state index contributed by atoms with van der Waals surface area (Å²) in [5.41, 5.74) is 11.8. The largest absolute Gasteiger partial charge is 2.00 e. The Morgan fingerprint density at radius 1 is 1.17 bits per heavy atom. The number of nitrogens with zero attached hydrogens (tertiary/aromatic N) is 2. The molecule has 1 heterocycles. The predicted molar refractivity (Wildman–Crippen MR) is 100 cm³/mol. The molecule has 29 heavy (non-hydrogen) atoms. The summed E-state index contributed by atoms with van der Waals surface area (Å²) in [4.78, 5) is 44.2. The monoisotopic (exact) mass is 457 g/mol. The van der Waals surface area contributed by atoms with Crippen molar-refractivity contribution in [3.05, 3.63) is 18.2 Å². The van der Waals surface area contributed by atoms with Gasteiger partial charge in [0.05, 0.1) is 18.1 Å². The van der Waals surface area contributed by atoms with Gasteiger partial charge in [0, 0.05) is 0 Å². The first-order valence-corrected chi connectivity index (χ1v) is 9.43. The molecule has 0 fully saturated rings. The SMILES string of the molecule is CC(C)CC(N)C(=O)NC(Cc1c[n-]cn1)C(=O)NC(CCCCN)C(=O)[O-].[Cu+2]. The van der Waals surface area contributed by atoms with Gasteiger partial charge < -0.3 is 42.0 Å². The summed E-state index contributed by atoms with van der Waals surface area (Å²) in [5.74, 6) is -2.31. The summed E-state index contributed by atoms with van der Waals surface area (Å²) in [6.45, 7) is 4.29. The average molecular weight is 458 g/mol. The summed E-state index contributed by atoms with van der Waals surface area (Å²) in [6, 6.07) is -2.98. The third-order valence-corrected chi connectivity index (χ3v) is 4.17. The number of imidazole rings is 1. The van der Waals surface area contributed by atoms with Crippen molar-refractivity contribution in [2.24, 2.45) is 17.4 Å². The van der Waals surface area contributed by atoms with Crippen LogP contribution >= 0.6 is 0 Å². The van der Waals surface area contributed by atoms with Gasteiger partial charge in [-0.2, -0.15) is 0 Å². The van der Waals surface area contributed by atoms with Gasteiger partial charge >= 0.3 is 17.1 Å². The number of amides is 2. The molecule has 6 N–H and O–H groups in total. The fraction of sp³-hybridized carbons (Fsp3) is 0.667. The molecule has 3 atom stereocenters. The van der Waals surface area contributed by atoms with Crippen molar-refractivity contribution in [2.75, 3.05) is 6.54 Å². The van der Waals surface area contributed by atoms with E-state index in [2.05, 4.69) is 20.6 Å². The quantitative estimate of drug-likeness (QED) is 0.190. The normalized spacial score (nSPS) is 13.8. The second kappa shape index (κ2) is 14.1. The Morgan fingerprint density at radius 2 is 1.83 bits per heavy atom. The zero-order valence-electron chi connectivity index (χ0n) is 16.7. The maximum absolute atomic E-state index is 12.7. The zero-order chi connectivity index (χ0) is 21.1. The smallest absolute Gasteiger partial charge is 0.548 e. The average Bonchev–Trinajstić information content (AvgIpc) is 3.12. The number of carbonyl (C=O) groups is 3. The molecule has 2 amide bonds. The van der Waals surface area contributed by atoms with Crippen LogP contribution in [0.25, 0.3) is 0 Å². The van der Waals surface area contributed by atoms with Crippen LogP contribution in [0.5, 0.6) is 0 Å². The molecule has 0 bridgehead atoms. The number of aliphatic carboxylic acids is 1. The summed E-state index contributed by atoms with van der Waals surface area (Å²) in [6.07, 6.45) is 4.67. The Labute approximate surface area is 181 Å². The van der Waals surface area contributed by atoms with Crippen LogP contribution < -0.4 is 32.2 Å². The van der Waals surface area contributed by atoms with Gasteiger partial charge in [-0.3, -0.25) is 9.59 Å². The van der Waals surface area contributed by atoms with E-state index in [0.29, 0.717) is 31.5 Å². The standard InChI is InChI=1S/C18H32N6O4.Cu/c1-11(2)7-13(20)16(25)24-15(8-12-9-21-10-22-12)17(26)23-14(18(27)28)5-3-4-6-19;/h9-11,13-15H,3-8,19-20H2,1-2H3,(H4,21,22,23,24,25,26,27,28);/q;+2/p-2. The van der Waals surface area contributed by atoms with Gasteiger partial charge in [-0.25, -0.2) is 0 Å². The molecule has 11 heteroatoms. The molecule has 0 aliphatic heterocycles. The van der Waals surface area contributed by atoms with Crippen molar-refractivity contribution in [1.29, 1.82) is 0 Å². The second-order valence-corrected chi connectivity index (χ2v) is 7.18. The molecule has 0 saturated carbocycles. The number of unbranched alkanes of at least 4 members (excludes halogenated alkanes) is 1. The van der Waals surface area contributed by atoms with Crippen LogP contribution in [0.3, 0.4) is 0 Å². The third kappa shape index (κ3) is 10.4. The molecule has 10 nitrogen and oxygen atoms in total. The Kier molecular flexibility index (Phi) is 13.2. The number of carboxylic acids is 1. The first-order valence-electron chi connectivity index (χ1n) is 9.43. The maximum Gasteiger partial charge on any atom is 2.00 e. The first kappa shape index (κ1) is 27.1. The summed E-state index contributed by atoms with van der Waals surface area (Å²) < 4.78 is 0. The molecule has 0 saturated heterocycles. The van der Waals surface area contributed by atoms with E-state index in [4.69, 9.17) is 11.5 Å². The van der Waals surface area contributed by atoms with Crippen LogP contribution in [-0.4, -0.2) is 47.4 Å². The molecule has 167 valence electrons. The number of aromatic nitrogens is 2.